The molecule has 0 aliphatic rings. The fourth-order valence-electron chi connectivity index (χ4n) is 1.34. The summed E-state index contributed by atoms with van der Waals surface area (Å²) in [5, 5.41) is 15.7. The van der Waals surface area contributed by atoms with Crippen molar-refractivity contribution in [2.24, 2.45) is 0 Å². The summed E-state index contributed by atoms with van der Waals surface area (Å²) in [5.74, 6) is -4.17. The van der Waals surface area contributed by atoms with Crippen LogP contribution in [0.25, 0.3) is 0 Å². The number of nitrogens with zero attached hydrogens (tertiary/aromatic N) is 1. The Kier molecular flexibility index (Phi) is 3.83. The van der Waals surface area contributed by atoms with Crippen molar-refractivity contribution in [3.8, 4) is 0 Å². The third-order valence-electron chi connectivity index (χ3n) is 2.28. The minimum Gasteiger partial charge on any atom is -0.387 e. The lowest BCUT2D eigenvalue weighted by Gasteiger charge is -2.11. The molecule has 0 fully saturated rings. The van der Waals surface area contributed by atoms with Gasteiger partial charge in [-0.05, 0) is 22.4 Å². The molecule has 2 N–H and O–H groups in total. The molecule has 7 heteroatoms. The third-order valence-corrected chi connectivity index (χ3v) is 2.98. The smallest absolute Gasteiger partial charge is 0.251 e. The highest BCUT2D eigenvalue weighted by Gasteiger charge is 2.13. The number of anilines is 1. The van der Waals surface area contributed by atoms with Crippen LogP contribution < -0.4 is 5.32 Å². The molecular formula is C11H9F3N2OS. The number of hydrogen-bond acceptors (Lipinski definition) is 4. The van der Waals surface area contributed by atoms with Gasteiger partial charge in [-0.25, -0.2) is 8.78 Å². The van der Waals surface area contributed by atoms with Crippen LogP contribution in [0.3, 0.4) is 0 Å². The molecule has 0 aromatic carbocycles. The van der Waals surface area contributed by atoms with Crippen LogP contribution in [0.4, 0.5) is 19.0 Å². The zero-order valence-electron chi connectivity index (χ0n) is 9.03. The number of nitrogens with one attached hydrogen (secondary N) is 1. The normalized spacial score (nSPS) is 12.4. The maximum Gasteiger partial charge on any atom is 0.251 e. The number of aliphatic hydroxyl groups is 1. The highest BCUT2D eigenvalue weighted by atomic mass is 32.1. The summed E-state index contributed by atoms with van der Waals surface area (Å²) in [5.41, 5.74) is 0.662. The first-order chi connectivity index (χ1) is 8.58. The fourth-order valence-corrected chi connectivity index (χ4v) is 2.05. The van der Waals surface area contributed by atoms with Gasteiger partial charge in [0.2, 0.25) is 0 Å². The predicted octanol–water partition coefficient (Wildman–Crippen LogP) is 2.71. The molecule has 0 bridgehead atoms. The Morgan fingerprint density at radius 3 is 2.78 bits per heavy atom. The standard InChI is InChI=1S/C11H9F3N2OS/c12-7-3-8(13)11(16-10(7)14)15-4-9(17)6-1-2-18-5-6/h1-3,5,9,17H,4H2,(H,15,16). The monoisotopic (exact) mass is 274 g/mol. The molecule has 0 saturated heterocycles. The Morgan fingerprint density at radius 1 is 1.33 bits per heavy atom. The SMILES string of the molecule is OC(CNc1nc(F)c(F)cc1F)c1ccsc1. The van der Waals surface area contributed by atoms with Gasteiger partial charge in [-0.2, -0.15) is 20.7 Å². The van der Waals surface area contributed by atoms with Gasteiger partial charge in [0.1, 0.15) is 0 Å². The van der Waals surface area contributed by atoms with Crippen LogP contribution in [0.15, 0.2) is 22.9 Å². The largest absolute Gasteiger partial charge is 0.387 e. The van der Waals surface area contributed by atoms with Gasteiger partial charge in [0.05, 0.1) is 6.10 Å². The molecule has 2 rings (SSSR count). The first kappa shape index (κ1) is 12.8. The molecule has 0 aliphatic carbocycles. The van der Waals surface area contributed by atoms with Crippen molar-refractivity contribution < 1.29 is 18.3 Å². The molecule has 2 aromatic heterocycles. The van der Waals surface area contributed by atoms with Crippen molar-refractivity contribution in [3.05, 3.63) is 46.0 Å². The average molecular weight is 274 g/mol. The lowest BCUT2D eigenvalue weighted by atomic mass is 10.2. The second-order valence-corrected chi connectivity index (χ2v) is 4.32. The first-order valence-electron chi connectivity index (χ1n) is 5.03. The van der Waals surface area contributed by atoms with Crippen LogP contribution in [-0.2, 0) is 0 Å². The van der Waals surface area contributed by atoms with E-state index in [9.17, 15) is 18.3 Å². The number of pyridine rings is 1. The third kappa shape index (κ3) is 2.80. The van der Waals surface area contributed by atoms with Crippen LogP contribution in [0.5, 0.6) is 0 Å². The molecule has 2 aromatic rings. The molecule has 0 radical (unpaired) electrons. The first-order valence-corrected chi connectivity index (χ1v) is 5.98. The van der Waals surface area contributed by atoms with Crippen LogP contribution in [0.1, 0.15) is 11.7 Å². The maximum atomic E-state index is 13.2. The van der Waals surface area contributed by atoms with Crippen LogP contribution in [-0.4, -0.2) is 16.6 Å². The highest BCUT2D eigenvalue weighted by Crippen LogP contribution is 2.18. The van der Waals surface area contributed by atoms with E-state index in [1.807, 2.05) is 0 Å². The van der Waals surface area contributed by atoms with Gasteiger partial charge >= 0.3 is 0 Å². The molecule has 18 heavy (non-hydrogen) atoms. The van der Waals surface area contributed by atoms with Gasteiger partial charge in [0.25, 0.3) is 5.95 Å². The Bertz CT molecular complexity index is 533. The maximum absolute atomic E-state index is 13.2. The van der Waals surface area contributed by atoms with E-state index in [4.69, 9.17) is 0 Å². The Labute approximate surface area is 105 Å². The van der Waals surface area contributed by atoms with Gasteiger partial charge in [0.15, 0.2) is 17.5 Å². The molecule has 1 atom stereocenters. The van der Waals surface area contributed by atoms with E-state index in [1.54, 1.807) is 16.8 Å². The minimum absolute atomic E-state index is 0.0499. The van der Waals surface area contributed by atoms with Crippen molar-refractivity contribution >= 4 is 17.2 Å². The summed E-state index contributed by atoms with van der Waals surface area (Å²) in [6, 6.07) is 2.12. The quantitative estimate of drug-likeness (QED) is 0.843. The number of aromatic nitrogens is 1. The van der Waals surface area contributed by atoms with Gasteiger partial charge in [-0.15, -0.1) is 0 Å². The van der Waals surface area contributed by atoms with Crippen molar-refractivity contribution in [2.75, 3.05) is 11.9 Å². The topological polar surface area (TPSA) is 45.1 Å². The molecule has 0 amide bonds. The Hall–Kier alpha value is -1.60. The van der Waals surface area contributed by atoms with Gasteiger partial charge < -0.3 is 10.4 Å². The zero-order chi connectivity index (χ0) is 13.1. The summed E-state index contributed by atoms with van der Waals surface area (Å²) in [6.45, 7) is -0.0499. The number of hydrogen-bond donors (Lipinski definition) is 2. The van der Waals surface area contributed by atoms with Crippen molar-refractivity contribution in [1.29, 1.82) is 0 Å². The van der Waals surface area contributed by atoms with Gasteiger partial charge in [-0.1, -0.05) is 0 Å². The van der Waals surface area contributed by atoms with E-state index >= 15 is 0 Å². The minimum atomic E-state index is -1.39. The van der Waals surface area contributed by atoms with Gasteiger partial charge in [0, 0.05) is 12.6 Å². The summed E-state index contributed by atoms with van der Waals surface area (Å²) in [7, 11) is 0. The zero-order valence-corrected chi connectivity index (χ0v) is 9.85. The molecular weight excluding hydrogens is 265 g/mol. The summed E-state index contributed by atoms with van der Waals surface area (Å²) >= 11 is 1.41. The Morgan fingerprint density at radius 2 is 2.11 bits per heavy atom. The Balaban J connectivity index is 2.04. The average Bonchev–Trinajstić information content (AvgIpc) is 2.85. The second kappa shape index (κ2) is 5.36. The van der Waals surface area contributed by atoms with E-state index in [0.717, 1.165) is 0 Å². The summed E-state index contributed by atoms with van der Waals surface area (Å²) in [6.07, 6.45) is -0.870. The summed E-state index contributed by atoms with van der Waals surface area (Å²) < 4.78 is 38.6. The summed E-state index contributed by atoms with van der Waals surface area (Å²) in [4.78, 5) is 3.09. The van der Waals surface area contributed by atoms with Crippen molar-refractivity contribution in [1.82, 2.24) is 4.98 Å². The number of thiophene rings is 1. The molecule has 0 spiro atoms. The lowest BCUT2D eigenvalue weighted by molar-refractivity contribution is 0.192. The molecule has 2 heterocycles. The van der Waals surface area contributed by atoms with Crippen molar-refractivity contribution in [2.45, 2.75) is 6.10 Å². The highest BCUT2D eigenvalue weighted by molar-refractivity contribution is 7.07. The van der Waals surface area contributed by atoms with E-state index in [2.05, 4.69) is 10.3 Å². The number of rotatable bonds is 4. The van der Waals surface area contributed by atoms with E-state index in [-0.39, 0.29) is 6.54 Å². The van der Waals surface area contributed by atoms with Gasteiger partial charge in [-0.3, -0.25) is 0 Å². The van der Waals surface area contributed by atoms with Crippen LogP contribution >= 0.6 is 11.3 Å². The number of halogens is 3. The molecule has 0 aliphatic heterocycles. The van der Waals surface area contributed by atoms with Crippen LogP contribution in [0.2, 0.25) is 0 Å². The van der Waals surface area contributed by atoms with Crippen molar-refractivity contribution in [3.63, 3.8) is 0 Å². The van der Waals surface area contributed by atoms with E-state index in [1.165, 1.54) is 11.3 Å². The lowest BCUT2D eigenvalue weighted by Crippen LogP contribution is -2.14. The second-order valence-electron chi connectivity index (χ2n) is 3.54. The van der Waals surface area contributed by atoms with E-state index < -0.39 is 29.5 Å². The fraction of sp³-hybridized carbons (Fsp3) is 0.182. The number of aliphatic hydroxyl groups excluding tert-OH is 1. The molecule has 96 valence electrons. The molecule has 1 unspecified atom stereocenters. The predicted molar refractivity (Wildman–Crippen MR) is 61.9 cm³/mol. The molecule has 0 saturated carbocycles. The van der Waals surface area contributed by atoms with Crippen LogP contribution in [0, 0.1) is 17.6 Å². The molecule has 3 nitrogen and oxygen atoms in total. The van der Waals surface area contributed by atoms with E-state index in [0.29, 0.717) is 11.6 Å².